The van der Waals surface area contributed by atoms with Crippen LogP contribution in [0.5, 0.6) is 5.75 Å². The molecule has 0 spiro atoms. The third kappa shape index (κ3) is 3.48. The van der Waals surface area contributed by atoms with E-state index in [1.54, 1.807) is 24.3 Å². The Morgan fingerprint density at radius 3 is 2.27 bits per heavy atom. The second kappa shape index (κ2) is 7.31. The van der Waals surface area contributed by atoms with Gasteiger partial charge in [-0.2, -0.15) is 5.10 Å². The van der Waals surface area contributed by atoms with Crippen LogP contribution in [0.25, 0.3) is 28.0 Å². The van der Waals surface area contributed by atoms with Crippen molar-refractivity contribution in [2.24, 2.45) is 0 Å². The zero-order chi connectivity index (χ0) is 23.5. The van der Waals surface area contributed by atoms with Gasteiger partial charge >= 0.3 is 6.36 Å². The minimum atomic E-state index is -4.82. The summed E-state index contributed by atoms with van der Waals surface area (Å²) < 4.78 is 42.8. The fourth-order valence-corrected chi connectivity index (χ4v) is 3.81. The van der Waals surface area contributed by atoms with E-state index in [1.807, 2.05) is 0 Å². The van der Waals surface area contributed by atoms with Crippen LogP contribution in [0.2, 0.25) is 5.02 Å². The number of benzene rings is 2. The number of halogens is 4. The van der Waals surface area contributed by atoms with Gasteiger partial charge in [-0.3, -0.25) is 14.5 Å². The molecule has 3 heterocycles. The van der Waals surface area contributed by atoms with E-state index in [-0.39, 0.29) is 16.8 Å². The lowest BCUT2D eigenvalue weighted by Crippen LogP contribution is -2.24. The number of alkyl halides is 3. The SMILES string of the molecule is CN1C(=O)c2cnc3c(c(-c4ccc(Cl)cc4)nn3-c3ccc(OC(F)(F)F)cc3)c2C1=O. The van der Waals surface area contributed by atoms with Gasteiger partial charge < -0.3 is 4.74 Å². The summed E-state index contributed by atoms with van der Waals surface area (Å²) in [6, 6.07) is 11.8. The number of imide groups is 1. The molecule has 0 unspecified atom stereocenters. The summed E-state index contributed by atoms with van der Waals surface area (Å²) in [5, 5.41) is 5.44. The van der Waals surface area contributed by atoms with Crippen LogP contribution in [0.1, 0.15) is 20.7 Å². The summed E-state index contributed by atoms with van der Waals surface area (Å²) in [7, 11) is 1.38. The van der Waals surface area contributed by atoms with Crippen molar-refractivity contribution < 1.29 is 27.5 Å². The Hall–Kier alpha value is -3.92. The topological polar surface area (TPSA) is 77.3 Å². The lowest BCUT2D eigenvalue weighted by molar-refractivity contribution is -0.274. The van der Waals surface area contributed by atoms with Crippen molar-refractivity contribution in [3.8, 4) is 22.7 Å². The zero-order valence-corrected chi connectivity index (χ0v) is 17.5. The standard InChI is InChI=1S/C22H12ClF3N4O3/c1-29-20(31)15-10-27-19-17(16(15)21(29)32)18(11-2-4-12(23)5-3-11)28-30(19)13-6-8-14(9-7-13)33-22(24,25)26/h2-10H,1H3. The van der Waals surface area contributed by atoms with Crippen LogP contribution in [0.4, 0.5) is 13.2 Å². The predicted octanol–water partition coefficient (Wildman–Crippen LogP) is 4.87. The molecule has 0 saturated heterocycles. The molecule has 7 nitrogen and oxygen atoms in total. The second-order valence-electron chi connectivity index (χ2n) is 7.22. The first kappa shape index (κ1) is 21.0. The molecular formula is C22H12ClF3N4O3. The monoisotopic (exact) mass is 472 g/mol. The number of nitrogens with zero attached hydrogens (tertiary/aromatic N) is 4. The van der Waals surface area contributed by atoms with Gasteiger partial charge in [-0.1, -0.05) is 23.7 Å². The molecule has 166 valence electrons. The maximum atomic E-state index is 12.9. The van der Waals surface area contributed by atoms with Crippen LogP contribution in [-0.4, -0.2) is 44.9 Å². The van der Waals surface area contributed by atoms with Gasteiger partial charge in [0, 0.05) is 23.8 Å². The highest BCUT2D eigenvalue weighted by Crippen LogP contribution is 2.36. The molecular weight excluding hydrogens is 461 g/mol. The lowest BCUT2D eigenvalue weighted by atomic mass is 10.0. The van der Waals surface area contributed by atoms with Crippen molar-refractivity contribution >= 4 is 34.4 Å². The molecule has 11 heteroatoms. The number of amides is 2. The first-order chi connectivity index (χ1) is 15.6. The Morgan fingerprint density at radius 1 is 0.970 bits per heavy atom. The van der Waals surface area contributed by atoms with Crippen LogP contribution in [0, 0.1) is 0 Å². The van der Waals surface area contributed by atoms with E-state index in [0.29, 0.717) is 27.4 Å². The summed E-state index contributed by atoms with van der Waals surface area (Å²) in [4.78, 5) is 30.7. The minimum absolute atomic E-state index is 0.152. The van der Waals surface area contributed by atoms with Gasteiger partial charge in [0.1, 0.15) is 11.4 Å². The highest BCUT2D eigenvalue weighted by atomic mass is 35.5. The zero-order valence-electron chi connectivity index (χ0n) is 16.7. The third-order valence-corrected chi connectivity index (χ3v) is 5.43. The number of hydrogen-bond acceptors (Lipinski definition) is 5. The molecule has 0 aliphatic carbocycles. The Kier molecular flexibility index (Phi) is 4.64. The summed E-state index contributed by atoms with van der Waals surface area (Å²) in [6.07, 6.45) is -3.52. The van der Waals surface area contributed by atoms with Crippen molar-refractivity contribution in [2.45, 2.75) is 6.36 Å². The number of carbonyl (C=O) groups excluding carboxylic acids is 2. The Bertz CT molecular complexity index is 1430. The van der Waals surface area contributed by atoms with Crippen molar-refractivity contribution in [3.05, 3.63) is 70.9 Å². The van der Waals surface area contributed by atoms with Crippen LogP contribution in [0.3, 0.4) is 0 Å². The first-order valence-electron chi connectivity index (χ1n) is 9.50. The molecule has 5 rings (SSSR count). The fraction of sp³-hybridized carbons (Fsp3) is 0.0909. The molecule has 2 amide bonds. The molecule has 0 N–H and O–H groups in total. The Balaban J connectivity index is 1.74. The number of aromatic nitrogens is 3. The maximum Gasteiger partial charge on any atom is 0.573 e. The molecule has 0 radical (unpaired) electrons. The van der Waals surface area contributed by atoms with Gasteiger partial charge in [-0.15, -0.1) is 13.2 Å². The quantitative estimate of drug-likeness (QED) is 0.398. The summed E-state index contributed by atoms with van der Waals surface area (Å²) in [5.41, 5.74) is 1.95. The van der Waals surface area contributed by atoms with E-state index in [4.69, 9.17) is 11.6 Å². The molecule has 1 aliphatic heterocycles. The highest BCUT2D eigenvalue weighted by Gasteiger charge is 2.37. The van der Waals surface area contributed by atoms with Crippen LogP contribution in [0.15, 0.2) is 54.7 Å². The smallest absolute Gasteiger partial charge is 0.406 e. The highest BCUT2D eigenvalue weighted by molar-refractivity contribution is 6.30. The van der Waals surface area contributed by atoms with Gasteiger partial charge in [0.05, 0.1) is 22.2 Å². The molecule has 33 heavy (non-hydrogen) atoms. The van der Waals surface area contributed by atoms with E-state index in [2.05, 4.69) is 14.8 Å². The van der Waals surface area contributed by atoms with E-state index in [9.17, 15) is 22.8 Å². The van der Waals surface area contributed by atoms with Crippen molar-refractivity contribution in [3.63, 3.8) is 0 Å². The van der Waals surface area contributed by atoms with Crippen molar-refractivity contribution in [1.82, 2.24) is 19.7 Å². The molecule has 0 bridgehead atoms. The summed E-state index contributed by atoms with van der Waals surface area (Å²) in [5.74, 6) is -1.36. The number of carbonyl (C=O) groups is 2. The second-order valence-corrected chi connectivity index (χ2v) is 7.66. The summed E-state index contributed by atoms with van der Waals surface area (Å²) >= 11 is 6.00. The largest absolute Gasteiger partial charge is 0.573 e. The van der Waals surface area contributed by atoms with Gasteiger partial charge in [-0.05, 0) is 36.4 Å². The molecule has 2 aromatic heterocycles. The van der Waals surface area contributed by atoms with E-state index in [1.165, 1.54) is 30.1 Å². The van der Waals surface area contributed by atoms with Gasteiger partial charge in [-0.25, -0.2) is 9.67 Å². The van der Waals surface area contributed by atoms with Crippen LogP contribution >= 0.6 is 11.6 Å². The third-order valence-electron chi connectivity index (χ3n) is 5.18. The van der Waals surface area contributed by atoms with Gasteiger partial charge in [0.2, 0.25) is 0 Å². The minimum Gasteiger partial charge on any atom is -0.406 e. The van der Waals surface area contributed by atoms with Gasteiger partial charge in [0.15, 0.2) is 5.65 Å². The normalized spacial score (nSPS) is 13.7. The maximum absolute atomic E-state index is 12.9. The van der Waals surface area contributed by atoms with Crippen molar-refractivity contribution in [2.75, 3.05) is 7.05 Å². The number of rotatable bonds is 3. The average molecular weight is 473 g/mol. The summed E-state index contributed by atoms with van der Waals surface area (Å²) in [6.45, 7) is 0. The predicted molar refractivity (Wildman–Crippen MR) is 112 cm³/mol. The molecule has 0 saturated carbocycles. The fourth-order valence-electron chi connectivity index (χ4n) is 3.69. The molecule has 0 atom stereocenters. The number of hydrogen-bond donors (Lipinski definition) is 0. The van der Waals surface area contributed by atoms with E-state index in [0.717, 1.165) is 17.0 Å². The number of fused-ring (bicyclic) bond motifs is 3. The lowest BCUT2D eigenvalue weighted by Gasteiger charge is -2.09. The molecule has 0 fully saturated rings. The number of pyridine rings is 1. The number of ether oxygens (including phenoxy) is 1. The Labute approximate surface area is 189 Å². The Morgan fingerprint density at radius 2 is 1.64 bits per heavy atom. The van der Waals surface area contributed by atoms with E-state index >= 15 is 0 Å². The first-order valence-corrected chi connectivity index (χ1v) is 9.88. The van der Waals surface area contributed by atoms with Crippen molar-refractivity contribution in [1.29, 1.82) is 0 Å². The average Bonchev–Trinajstić information content (AvgIpc) is 3.25. The molecule has 4 aromatic rings. The molecule has 1 aliphatic rings. The molecule has 2 aromatic carbocycles. The van der Waals surface area contributed by atoms with Crippen LogP contribution in [-0.2, 0) is 0 Å². The van der Waals surface area contributed by atoms with Gasteiger partial charge in [0.25, 0.3) is 11.8 Å². The van der Waals surface area contributed by atoms with Crippen LogP contribution < -0.4 is 4.74 Å². The van der Waals surface area contributed by atoms with E-state index < -0.39 is 23.9 Å².